The highest BCUT2D eigenvalue weighted by Gasteiger charge is 2.10. The van der Waals surface area contributed by atoms with Crippen molar-refractivity contribution in [1.82, 2.24) is 0 Å². The van der Waals surface area contributed by atoms with Crippen molar-refractivity contribution >= 4 is 50.8 Å². The van der Waals surface area contributed by atoms with Crippen LogP contribution >= 0.6 is 39.1 Å². The largest absolute Gasteiger partial charge is 0.478 e. The zero-order chi connectivity index (χ0) is 16.8. The minimum Gasteiger partial charge on any atom is -0.478 e. The molecule has 2 aromatic rings. The Morgan fingerprint density at radius 3 is 2.35 bits per heavy atom. The third kappa shape index (κ3) is 4.53. The minimum atomic E-state index is 0.0803. The van der Waals surface area contributed by atoms with Gasteiger partial charge in [0.2, 0.25) is 0 Å². The standard InChI is InChI=1S/C18H10BrCl2NO/c1-2-7-23-18-16(20)9-12(10-17(18)21)8-14(11-22)13-3-5-15(19)6-4-13/h1,3-6,8-10H,7H2/b14-8+. The molecule has 0 aliphatic heterocycles. The summed E-state index contributed by atoms with van der Waals surface area (Å²) >= 11 is 15.7. The Morgan fingerprint density at radius 2 is 1.83 bits per heavy atom. The Balaban J connectivity index is 2.39. The molecule has 0 atom stereocenters. The second kappa shape index (κ2) is 8.09. The number of hydrogen-bond acceptors (Lipinski definition) is 2. The van der Waals surface area contributed by atoms with Crippen LogP contribution in [0.3, 0.4) is 0 Å². The fraction of sp³-hybridized carbons (Fsp3) is 0.0556. The summed E-state index contributed by atoms with van der Waals surface area (Å²) in [5, 5.41) is 10.1. The predicted molar refractivity (Wildman–Crippen MR) is 98.4 cm³/mol. The van der Waals surface area contributed by atoms with Gasteiger partial charge in [0.25, 0.3) is 0 Å². The Kier molecular flexibility index (Phi) is 6.13. The monoisotopic (exact) mass is 405 g/mol. The molecule has 2 aromatic carbocycles. The SMILES string of the molecule is C#CCOc1c(Cl)cc(/C=C(\C#N)c2ccc(Br)cc2)cc1Cl. The van der Waals surface area contributed by atoms with E-state index in [1.165, 1.54) is 0 Å². The van der Waals surface area contributed by atoms with Crippen molar-refractivity contribution < 1.29 is 4.74 Å². The van der Waals surface area contributed by atoms with Crippen LogP contribution < -0.4 is 4.74 Å². The van der Waals surface area contributed by atoms with Crippen LogP contribution in [-0.4, -0.2) is 6.61 Å². The summed E-state index contributed by atoms with van der Waals surface area (Å²) in [6.07, 6.45) is 6.87. The maximum absolute atomic E-state index is 9.38. The molecule has 2 rings (SSSR count). The number of ether oxygens (including phenoxy) is 1. The van der Waals surface area contributed by atoms with Gasteiger partial charge in [-0.2, -0.15) is 5.26 Å². The van der Waals surface area contributed by atoms with Crippen molar-refractivity contribution in [2.24, 2.45) is 0 Å². The average Bonchev–Trinajstić information content (AvgIpc) is 2.53. The summed E-state index contributed by atoms with van der Waals surface area (Å²) in [6, 6.07) is 13.0. The number of halogens is 3. The third-order valence-corrected chi connectivity index (χ3v) is 4.00. The molecule has 0 heterocycles. The first-order valence-corrected chi connectivity index (χ1v) is 8.03. The lowest BCUT2D eigenvalue weighted by Crippen LogP contribution is -1.95. The molecule has 0 fully saturated rings. The summed E-state index contributed by atoms with van der Waals surface area (Å²) in [5.41, 5.74) is 2.00. The molecule has 0 aromatic heterocycles. The number of benzene rings is 2. The average molecular weight is 407 g/mol. The second-order valence-corrected chi connectivity index (χ2v) is 6.21. The van der Waals surface area contributed by atoms with Crippen LogP contribution in [0.5, 0.6) is 5.75 Å². The highest BCUT2D eigenvalue weighted by atomic mass is 79.9. The Hall–Kier alpha value is -1.91. The molecule has 0 unspecified atom stereocenters. The molecule has 0 spiro atoms. The molecule has 0 aliphatic rings. The van der Waals surface area contributed by atoms with Crippen LogP contribution in [-0.2, 0) is 0 Å². The van der Waals surface area contributed by atoms with Gasteiger partial charge in [0.1, 0.15) is 6.61 Å². The van der Waals surface area contributed by atoms with Crippen LogP contribution in [0.1, 0.15) is 11.1 Å². The molecule has 0 amide bonds. The number of nitrogens with zero attached hydrogens (tertiary/aromatic N) is 1. The quantitative estimate of drug-likeness (QED) is 0.363. The molecule has 0 bridgehead atoms. The van der Waals surface area contributed by atoms with Gasteiger partial charge in [-0.25, -0.2) is 0 Å². The highest BCUT2D eigenvalue weighted by molar-refractivity contribution is 9.10. The van der Waals surface area contributed by atoms with Crippen molar-refractivity contribution in [3.05, 3.63) is 62.0 Å². The van der Waals surface area contributed by atoms with E-state index < -0.39 is 0 Å². The van der Waals surface area contributed by atoms with E-state index in [9.17, 15) is 5.26 Å². The fourth-order valence-electron chi connectivity index (χ4n) is 1.89. The fourth-order valence-corrected chi connectivity index (χ4v) is 2.77. The first-order chi connectivity index (χ1) is 11.0. The zero-order valence-corrected chi connectivity index (χ0v) is 14.9. The molecule has 114 valence electrons. The molecule has 2 nitrogen and oxygen atoms in total. The molecule has 5 heteroatoms. The van der Waals surface area contributed by atoms with E-state index in [0.717, 1.165) is 10.0 Å². The second-order valence-electron chi connectivity index (χ2n) is 4.48. The smallest absolute Gasteiger partial charge is 0.157 e. The maximum Gasteiger partial charge on any atom is 0.157 e. The number of hydrogen-bond donors (Lipinski definition) is 0. The zero-order valence-electron chi connectivity index (χ0n) is 11.8. The summed E-state index contributed by atoms with van der Waals surface area (Å²) in [4.78, 5) is 0. The van der Waals surface area contributed by atoms with Gasteiger partial charge in [-0.15, -0.1) is 6.42 Å². The molecule has 0 aliphatic carbocycles. The van der Waals surface area contributed by atoms with Crippen LogP contribution in [0.2, 0.25) is 10.0 Å². The lowest BCUT2D eigenvalue weighted by molar-refractivity contribution is 0.371. The van der Waals surface area contributed by atoms with Crippen molar-refractivity contribution in [3.8, 4) is 24.2 Å². The van der Waals surface area contributed by atoms with Gasteiger partial charge >= 0.3 is 0 Å². The number of rotatable bonds is 4. The first-order valence-electron chi connectivity index (χ1n) is 6.48. The van der Waals surface area contributed by atoms with Crippen LogP contribution in [0.25, 0.3) is 11.6 Å². The number of allylic oxidation sites excluding steroid dienone is 1. The van der Waals surface area contributed by atoms with Gasteiger partial charge in [-0.3, -0.25) is 0 Å². The summed E-state index contributed by atoms with van der Waals surface area (Å²) in [7, 11) is 0. The number of nitriles is 1. The van der Waals surface area contributed by atoms with Gasteiger partial charge in [0.05, 0.1) is 21.7 Å². The normalized spacial score (nSPS) is 10.7. The molecule has 0 N–H and O–H groups in total. The molecule has 0 radical (unpaired) electrons. The molecular weight excluding hydrogens is 397 g/mol. The van der Waals surface area contributed by atoms with Gasteiger partial charge in [0.15, 0.2) is 5.75 Å². The van der Waals surface area contributed by atoms with Gasteiger partial charge < -0.3 is 4.74 Å². The van der Waals surface area contributed by atoms with E-state index >= 15 is 0 Å². The van der Waals surface area contributed by atoms with Gasteiger partial charge in [0, 0.05) is 4.47 Å². The van der Waals surface area contributed by atoms with Crippen LogP contribution in [0.15, 0.2) is 40.9 Å². The van der Waals surface area contributed by atoms with Crippen molar-refractivity contribution in [3.63, 3.8) is 0 Å². The van der Waals surface area contributed by atoms with Crippen molar-refractivity contribution in [2.45, 2.75) is 0 Å². The Morgan fingerprint density at radius 1 is 1.22 bits per heavy atom. The summed E-state index contributed by atoms with van der Waals surface area (Å²) in [6.45, 7) is 0.0803. The lowest BCUT2D eigenvalue weighted by atomic mass is 10.0. The van der Waals surface area contributed by atoms with Crippen molar-refractivity contribution in [2.75, 3.05) is 6.61 Å². The highest BCUT2D eigenvalue weighted by Crippen LogP contribution is 2.35. The minimum absolute atomic E-state index is 0.0803. The topological polar surface area (TPSA) is 33.0 Å². The first kappa shape index (κ1) is 17.4. The maximum atomic E-state index is 9.38. The van der Waals surface area contributed by atoms with E-state index in [2.05, 4.69) is 27.9 Å². The Labute approximate surface area is 153 Å². The van der Waals surface area contributed by atoms with E-state index in [1.807, 2.05) is 24.3 Å². The van der Waals surface area contributed by atoms with E-state index in [-0.39, 0.29) is 6.61 Å². The molecular formula is C18H10BrCl2NO. The lowest BCUT2D eigenvalue weighted by Gasteiger charge is -2.09. The van der Waals surface area contributed by atoms with Gasteiger partial charge in [-0.1, -0.05) is 57.2 Å². The van der Waals surface area contributed by atoms with E-state index in [1.54, 1.807) is 18.2 Å². The summed E-state index contributed by atoms with van der Waals surface area (Å²) in [5.74, 6) is 2.69. The van der Waals surface area contributed by atoms with Gasteiger partial charge in [-0.05, 0) is 41.5 Å². The Bertz CT molecular complexity index is 807. The molecule has 0 saturated carbocycles. The van der Waals surface area contributed by atoms with Crippen LogP contribution in [0.4, 0.5) is 0 Å². The third-order valence-electron chi connectivity index (χ3n) is 2.91. The van der Waals surface area contributed by atoms with Crippen LogP contribution in [0, 0.1) is 23.7 Å². The van der Waals surface area contributed by atoms with E-state index in [4.69, 9.17) is 34.4 Å². The molecule has 0 saturated heterocycles. The van der Waals surface area contributed by atoms with E-state index in [0.29, 0.717) is 26.9 Å². The number of terminal acetylenes is 1. The summed E-state index contributed by atoms with van der Waals surface area (Å²) < 4.78 is 6.25. The predicted octanol–water partition coefficient (Wildman–Crippen LogP) is 5.83. The van der Waals surface area contributed by atoms with Crippen molar-refractivity contribution in [1.29, 1.82) is 5.26 Å². The molecule has 23 heavy (non-hydrogen) atoms.